The summed E-state index contributed by atoms with van der Waals surface area (Å²) in [6.07, 6.45) is 5.45. The van der Waals surface area contributed by atoms with Crippen molar-refractivity contribution in [2.75, 3.05) is 5.32 Å². The zero-order valence-corrected chi connectivity index (χ0v) is 18.8. The van der Waals surface area contributed by atoms with Crippen molar-refractivity contribution in [1.29, 1.82) is 0 Å². The second kappa shape index (κ2) is 9.99. The van der Waals surface area contributed by atoms with Gasteiger partial charge >= 0.3 is 17.9 Å². The lowest BCUT2D eigenvalue weighted by atomic mass is 9.81. The summed E-state index contributed by atoms with van der Waals surface area (Å²) in [6.45, 7) is 5.29. The zero-order chi connectivity index (χ0) is 23.3. The number of amides is 3. The third-order valence-corrected chi connectivity index (χ3v) is 5.12. The number of aromatic nitrogens is 2. The third kappa shape index (κ3) is 6.68. The minimum Gasteiger partial charge on any atom is -0.448 e. The maximum atomic E-state index is 12.5. The number of carbonyl (C=O) groups is 3. The molecule has 2 aromatic rings. The van der Waals surface area contributed by atoms with E-state index in [-0.39, 0.29) is 11.7 Å². The third-order valence-electron chi connectivity index (χ3n) is 4.90. The van der Waals surface area contributed by atoms with Crippen molar-refractivity contribution in [3.05, 3.63) is 41.7 Å². The van der Waals surface area contributed by atoms with Crippen molar-refractivity contribution in [1.82, 2.24) is 20.6 Å². The summed E-state index contributed by atoms with van der Waals surface area (Å²) in [5, 5.41) is 8.36. The highest BCUT2D eigenvalue weighted by atomic mass is 35.5. The van der Waals surface area contributed by atoms with E-state index in [2.05, 4.69) is 25.9 Å². The van der Waals surface area contributed by atoms with Gasteiger partial charge in [-0.25, -0.2) is 14.8 Å². The smallest absolute Gasteiger partial charge is 0.407 e. The van der Waals surface area contributed by atoms with Crippen LogP contribution in [0.1, 0.15) is 51.7 Å². The molecule has 1 saturated carbocycles. The first kappa shape index (κ1) is 23.5. The summed E-state index contributed by atoms with van der Waals surface area (Å²) in [6, 6.07) is 2.09. The van der Waals surface area contributed by atoms with E-state index in [9.17, 15) is 14.4 Å². The van der Waals surface area contributed by atoms with Gasteiger partial charge in [0.25, 0.3) is 0 Å². The Kier molecular flexibility index (Phi) is 7.34. The van der Waals surface area contributed by atoms with Gasteiger partial charge in [0.15, 0.2) is 6.39 Å². The second-order valence-corrected chi connectivity index (χ2v) is 9.00. The van der Waals surface area contributed by atoms with Crippen LogP contribution in [0.25, 0.3) is 0 Å². The van der Waals surface area contributed by atoms with Crippen LogP contribution in [0.5, 0.6) is 0 Å². The predicted molar refractivity (Wildman–Crippen MR) is 116 cm³/mol. The van der Waals surface area contributed by atoms with Crippen molar-refractivity contribution in [3.8, 4) is 0 Å². The molecule has 1 aliphatic carbocycles. The summed E-state index contributed by atoms with van der Waals surface area (Å²) >= 11 is 5.78. The first-order valence-corrected chi connectivity index (χ1v) is 10.6. The molecule has 0 saturated heterocycles. The van der Waals surface area contributed by atoms with E-state index in [4.69, 9.17) is 20.8 Å². The van der Waals surface area contributed by atoms with E-state index in [1.165, 1.54) is 18.7 Å². The molecule has 0 aliphatic heterocycles. The van der Waals surface area contributed by atoms with Gasteiger partial charge in [-0.3, -0.25) is 9.59 Å². The van der Waals surface area contributed by atoms with Crippen LogP contribution < -0.4 is 16.0 Å². The molecular weight excluding hydrogens is 438 g/mol. The summed E-state index contributed by atoms with van der Waals surface area (Å²) in [5.41, 5.74) is -0.673. The normalized spacial score (nSPS) is 20.8. The topological polar surface area (TPSA) is 135 Å². The fourth-order valence-corrected chi connectivity index (χ4v) is 3.62. The molecule has 0 spiro atoms. The molecule has 3 rings (SSSR count). The van der Waals surface area contributed by atoms with Crippen LogP contribution in [0.3, 0.4) is 0 Å². The van der Waals surface area contributed by atoms with Crippen LogP contribution in [0.2, 0.25) is 5.02 Å². The molecule has 172 valence electrons. The van der Waals surface area contributed by atoms with Crippen LogP contribution >= 0.6 is 11.6 Å². The number of hydrogen-bond acceptors (Lipinski definition) is 7. The van der Waals surface area contributed by atoms with E-state index < -0.39 is 35.6 Å². The number of pyridine rings is 1. The average Bonchev–Trinajstić information content (AvgIpc) is 3.24. The first-order chi connectivity index (χ1) is 15.1. The van der Waals surface area contributed by atoms with Gasteiger partial charge in [0, 0.05) is 18.2 Å². The number of nitrogens with zero attached hydrogens (tertiary/aromatic N) is 2. The Morgan fingerprint density at radius 2 is 1.88 bits per heavy atom. The average molecular weight is 464 g/mol. The minimum absolute atomic E-state index is 0.0117. The number of oxazole rings is 1. The van der Waals surface area contributed by atoms with E-state index in [1.807, 2.05) is 0 Å². The second-order valence-electron chi connectivity index (χ2n) is 8.56. The monoisotopic (exact) mass is 463 g/mol. The highest BCUT2D eigenvalue weighted by Gasteiger charge is 2.36. The molecule has 3 amide bonds. The van der Waals surface area contributed by atoms with Gasteiger partial charge in [0.2, 0.25) is 0 Å². The minimum atomic E-state index is -0.867. The molecular formula is C21H26ClN5O5. The Labute approximate surface area is 190 Å². The molecule has 10 nitrogen and oxygen atoms in total. The molecule has 2 heterocycles. The highest BCUT2D eigenvalue weighted by molar-refractivity contribution is 6.39. The van der Waals surface area contributed by atoms with Crippen LogP contribution in [0, 0.1) is 0 Å². The lowest BCUT2D eigenvalue weighted by Gasteiger charge is -2.36. The molecule has 0 aromatic carbocycles. The molecule has 2 aromatic heterocycles. The van der Waals surface area contributed by atoms with Crippen LogP contribution in [-0.2, 0) is 14.3 Å². The molecule has 1 aliphatic rings. The maximum Gasteiger partial charge on any atom is 0.407 e. The number of alkyl carbamates (subject to hydrolysis) is 1. The number of nitrogens with one attached hydrogen (secondary N) is 3. The van der Waals surface area contributed by atoms with Crippen molar-refractivity contribution in [2.24, 2.45) is 0 Å². The van der Waals surface area contributed by atoms with Gasteiger partial charge in [-0.1, -0.05) is 11.6 Å². The van der Waals surface area contributed by atoms with Gasteiger partial charge < -0.3 is 25.1 Å². The molecule has 3 atom stereocenters. The fourth-order valence-electron chi connectivity index (χ4n) is 3.50. The SMILES string of the molecule is CC(C)(C)OC(=O)N[C@@H]1C[C@@H](c2cnco2)CC[C@@H]1NC(=O)C(=O)Nc1ccc(Cl)cn1. The van der Waals surface area contributed by atoms with E-state index >= 15 is 0 Å². The molecule has 0 radical (unpaired) electrons. The number of carbonyl (C=O) groups excluding carboxylic acids is 3. The Morgan fingerprint density at radius 1 is 1.09 bits per heavy atom. The maximum absolute atomic E-state index is 12.5. The summed E-state index contributed by atoms with van der Waals surface area (Å²) in [7, 11) is 0. The summed E-state index contributed by atoms with van der Waals surface area (Å²) < 4.78 is 10.8. The summed E-state index contributed by atoms with van der Waals surface area (Å²) in [5.74, 6) is -0.781. The lowest BCUT2D eigenvalue weighted by molar-refractivity contribution is -0.136. The molecule has 0 unspecified atom stereocenters. The first-order valence-electron chi connectivity index (χ1n) is 10.2. The number of halogens is 1. The Morgan fingerprint density at radius 3 is 2.50 bits per heavy atom. The van der Waals surface area contributed by atoms with Crippen LogP contribution in [0.15, 0.2) is 35.3 Å². The van der Waals surface area contributed by atoms with Gasteiger partial charge in [0.05, 0.1) is 17.3 Å². The van der Waals surface area contributed by atoms with E-state index in [1.54, 1.807) is 33.0 Å². The van der Waals surface area contributed by atoms with Crippen molar-refractivity contribution in [2.45, 2.75) is 63.6 Å². The van der Waals surface area contributed by atoms with E-state index in [0.29, 0.717) is 30.0 Å². The Balaban J connectivity index is 1.66. The Hall–Kier alpha value is -3.14. The zero-order valence-electron chi connectivity index (χ0n) is 18.1. The lowest BCUT2D eigenvalue weighted by Crippen LogP contribution is -2.56. The standard InChI is InChI=1S/C21H26ClN5O5/c1-21(2,3)32-20(30)26-15-8-12(16-10-23-11-31-16)4-6-14(15)25-18(28)19(29)27-17-7-5-13(22)9-24-17/h5,7,9-12,14-15H,4,6,8H2,1-3H3,(H,25,28)(H,26,30)(H,24,27,29)/t12-,14-,15+/m0/s1. The van der Waals surface area contributed by atoms with Crippen molar-refractivity contribution in [3.63, 3.8) is 0 Å². The molecule has 3 N–H and O–H groups in total. The number of hydrogen-bond donors (Lipinski definition) is 3. The van der Waals surface area contributed by atoms with Crippen molar-refractivity contribution < 1.29 is 23.5 Å². The van der Waals surface area contributed by atoms with Gasteiger partial charge in [0.1, 0.15) is 17.2 Å². The van der Waals surface area contributed by atoms with Crippen LogP contribution in [-0.4, -0.2) is 45.6 Å². The number of ether oxygens (including phenoxy) is 1. The fraction of sp³-hybridized carbons (Fsp3) is 0.476. The molecule has 32 heavy (non-hydrogen) atoms. The highest BCUT2D eigenvalue weighted by Crippen LogP contribution is 2.33. The van der Waals surface area contributed by atoms with Gasteiger partial charge in [-0.2, -0.15) is 0 Å². The largest absolute Gasteiger partial charge is 0.448 e. The predicted octanol–water partition coefficient (Wildman–Crippen LogP) is 3.01. The quantitative estimate of drug-likeness (QED) is 0.593. The van der Waals surface area contributed by atoms with E-state index in [0.717, 1.165) is 0 Å². The van der Waals surface area contributed by atoms with Gasteiger partial charge in [-0.05, 0) is 52.2 Å². The Bertz CT molecular complexity index is 942. The van der Waals surface area contributed by atoms with Gasteiger partial charge in [-0.15, -0.1) is 0 Å². The van der Waals surface area contributed by atoms with Crippen LogP contribution in [0.4, 0.5) is 10.6 Å². The van der Waals surface area contributed by atoms with Crippen molar-refractivity contribution >= 4 is 35.3 Å². The molecule has 1 fully saturated rings. The molecule has 11 heteroatoms. The number of anilines is 1. The molecule has 0 bridgehead atoms. The summed E-state index contributed by atoms with van der Waals surface area (Å²) in [4.78, 5) is 45.1. The number of rotatable bonds is 4.